The number of H-pyrrole nitrogens is 1. The van der Waals surface area contributed by atoms with Crippen LogP contribution in [0.3, 0.4) is 0 Å². The topological polar surface area (TPSA) is 70.9 Å². The van der Waals surface area contributed by atoms with Crippen molar-refractivity contribution in [2.45, 2.75) is 39.7 Å². The van der Waals surface area contributed by atoms with Gasteiger partial charge in [-0.2, -0.15) is 0 Å². The summed E-state index contributed by atoms with van der Waals surface area (Å²) in [5.74, 6) is 0.847. The number of hydrogen-bond donors (Lipinski definition) is 2. The van der Waals surface area contributed by atoms with Gasteiger partial charge in [0.25, 0.3) is 0 Å². The van der Waals surface area contributed by atoms with Crippen molar-refractivity contribution in [3.8, 4) is 11.3 Å². The van der Waals surface area contributed by atoms with Crippen molar-refractivity contribution in [2.75, 3.05) is 6.54 Å². The normalized spacial score (nSPS) is 11.3. The number of aromatic amines is 1. The summed E-state index contributed by atoms with van der Waals surface area (Å²) in [6.45, 7) is 8.00. The number of carbonyl (C=O) groups excluding carboxylic acids is 1. The summed E-state index contributed by atoms with van der Waals surface area (Å²) >= 11 is 0. The number of rotatable bonds is 4. The SMILES string of the molecule is Cc1[nH]c(CCNC(=O)OC(C)(C)C)nc1-c1ccc[n+](C)c1. The fraction of sp³-hybridized carbons (Fsp3) is 0.471. The van der Waals surface area contributed by atoms with Crippen LogP contribution in [-0.2, 0) is 18.2 Å². The van der Waals surface area contributed by atoms with Crippen molar-refractivity contribution in [1.29, 1.82) is 0 Å². The van der Waals surface area contributed by atoms with Crippen LogP contribution in [-0.4, -0.2) is 28.2 Å². The van der Waals surface area contributed by atoms with Crippen LogP contribution >= 0.6 is 0 Å². The second-order valence-electron chi connectivity index (χ2n) is 6.59. The monoisotopic (exact) mass is 317 g/mol. The molecule has 2 aromatic rings. The highest BCUT2D eigenvalue weighted by atomic mass is 16.6. The molecular weight excluding hydrogens is 292 g/mol. The minimum Gasteiger partial charge on any atom is -0.444 e. The van der Waals surface area contributed by atoms with Gasteiger partial charge in [0.1, 0.15) is 18.5 Å². The second-order valence-corrected chi connectivity index (χ2v) is 6.59. The Balaban J connectivity index is 1.95. The maximum atomic E-state index is 11.6. The van der Waals surface area contributed by atoms with Crippen LogP contribution in [0, 0.1) is 6.92 Å². The average Bonchev–Trinajstić information content (AvgIpc) is 2.78. The molecule has 6 nitrogen and oxygen atoms in total. The second kappa shape index (κ2) is 6.81. The van der Waals surface area contributed by atoms with E-state index in [0.717, 1.165) is 22.8 Å². The van der Waals surface area contributed by atoms with E-state index in [2.05, 4.69) is 15.3 Å². The third-order valence-corrected chi connectivity index (χ3v) is 3.18. The van der Waals surface area contributed by atoms with Crippen LogP contribution in [0.5, 0.6) is 0 Å². The number of ether oxygens (including phenoxy) is 1. The number of imidazole rings is 1. The maximum absolute atomic E-state index is 11.6. The lowest BCUT2D eigenvalue weighted by atomic mass is 10.2. The zero-order chi connectivity index (χ0) is 17.0. The molecule has 6 heteroatoms. The molecule has 0 saturated carbocycles. The molecule has 0 bridgehead atoms. The Kier molecular flexibility index (Phi) is 5.03. The number of carbonyl (C=O) groups is 1. The van der Waals surface area contributed by atoms with Gasteiger partial charge in [-0.05, 0) is 33.8 Å². The Bertz CT molecular complexity index is 686. The summed E-state index contributed by atoms with van der Waals surface area (Å²) in [6.07, 6.45) is 4.23. The Morgan fingerprint density at radius 2 is 2.17 bits per heavy atom. The molecule has 0 unspecified atom stereocenters. The standard InChI is InChI=1S/C17H24N4O2/c1-12-15(13-7-6-10-21(5)11-13)20-14(19-12)8-9-18-16(22)23-17(2,3)4/h6-7,10-11H,8-9H2,1-5H3,(H-,18,19,20,22)/p+1. The first-order chi connectivity index (χ1) is 10.7. The number of aromatic nitrogens is 3. The van der Waals surface area contributed by atoms with E-state index in [0.29, 0.717) is 13.0 Å². The lowest BCUT2D eigenvalue weighted by molar-refractivity contribution is -0.671. The molecule has 1 amide bonds. The number of aryl methyl sites for hydroxylation is 2. The van der Waals surface area contributed by atoms with Gasteiger partial charge in [0.15, 0.2) is 12.4 Å². The van der Waals surface area contributed by atoms with Gasteiger partial charge in [-0.1, -0.05) is 0 Å². The van der Waals surface area contributed by atoms with E-state index in [9.17, 15) is 4.79 Å². The van der Waals surface area contributed by atoms with Crippen LogP contribution in [0.1, 0.15) is 32.3 Å². The summed E-state index contributed by atoms with van der Waals surface area (Å²) in [5, 5.41) is 2.74. The quantitative estimate of drug-likeness (QED) is 0.850. The fourth-order valence-electron chi connectivity index (χ4n) is 2.25. The van der Waals surface area contributed by atoms with Crippen molar-refractivity contribution < 1.29 is 14.1 Å². The maximum Gasteiger partial charge on any atom is 0.407 e. The number of alkyl carbamates (subject to hydrolysis) is 1. The van der Waals surface area contributed by atoms with Crippen molar-refractivity contribution in [1.82, 2.24) is 15.3 Å². The number of nitrogens with one attached hydrogen (secondary N) is 2. The van der Waals surface area contributed by atoms with Crippen molar-refractivity contribution in [3.05, 3.63) is 36.0 Å². The van der Waals surface area contributed by atoms with Gasteiger partial charge >= 0.3 is 6.09 Å². The molecule has 23 heavy (non-hydrogen) atoms. The smallest absolute Gasteiger partial charge is 0.407 e. The highest BCUT2D eigenvalue weighted by Gasteiger charge is 2.16. The van der Waals surface area contributed by atoms with E-state index in [1.54, 1.807) is 0 Å². The first-order valence-electron chi connectivity index (χ1n) is 7.72. The van der Waals surface area contributed by atoms with E-state index >= 15 is 0 Å². The third-order valence-electron chi connectivity index (χ3n) is 3.18. The molecule has 124 valence electrons. The van der Waals surface area contributed by atoms with Crippen LogP contribution in [0.25, 0.3) is 11.3 Å². The first kappa shape index (κ1) is 17.0. The van der Waals surface area contributed by atoms with Crippen molar-refractivity contribution >= 4 is 6.09 Å². The third kappa shape index (κ3) is 5.09. The molecule has 0 radical (unpaired) electrons. The molecular formula is C17H25N4O2+. The van der Waals surface area contributed by atoms with E-state index in [-0.39, 0.29) is 0 Å². The van der Waals surface area contributed by atoms with Crippen LogP contribution in [0.15, 0.2) is 24.5 Å². The van der Waals surface area contributed by atoms with Gasteiger partial charge in [0.2, 0.25) is 0 Å². The van der Waals surface area contributed by atoms with Crippen molar-refractivity contribution in [3.63, 3.8) is 0 Å². The highest BCUT2D eigenvalue weighted by molar-refractivity contribution is 5.67. The largest absolute Gasteiger partial charge is 0.444 e. The highest BCUT2D eigenvalue weighted by Crippen LogP contribution is 2.19. The van der Waals surface area contributed by atoms with Gasteiger partial charge in [0, 0.05) is 24.7 Å². The molecule has 0 fully saturated rings. The average molecular weight is 317 g/mol. The van der Waals surface area contributed by atoms with Crippen molar-refractivity contribution in [2.24, 2.45) is 7.05 Å². The lowest BCUT2D eigenvalue weighted by Gasteiger charge is -2.19. The minimum absolute atomic E-state index is 0.406. The Labute approximate surface area is 136 Å². The van der Waals surface area contributed by atoms with Crippen LogP contribution in [0.4, 0.5) is 4.79 Å². The predicted octanol–water partition coefficient (Wildman–Crippen LogP) is 2.28. The summed E-state index contributed by atoms with van der Waals surface area (Å²) in [4.78, 5) is 19.5. The Morgan fingerprint density at radius 1 is 1.43 bits per heavy atom. The molecule has 2 aromatic heterocycles. The summed E-state index contributed by atoms with van der Waals surface area (Å²) in [5.41, 5.74) is 2.54. The van der Waals surface area contributed by atoms with E-state index in [1.165, 1.54) is 0 Å². The minimum atomic E-state index is -0.485. The number of hydrogen-bond acceptors (Lipinski definition) is 3. The predicted molar refractivity (Wildman–Crippen MR) is 87.9 cm³/mol. The first-order valence-corrected chi connectivity index (χ1v) is 7.72. The molecule has 2 rings (SSSR count). The van der Waals surface area contributed by atoms with E-state index < -0.39 is 11.7 Å². The number of pyridine rings is 1. The summed E-state index contributed by atoms with van der Waals surface area (Å²) < 4.78 is 7.20. The summed E-state index contributed by atoms with van der Waals surface area (Å²) in [7, 11) is 1.98. The van der Waals surface area contributed by atoms with E-state index in [4.69, 9.17) is 4.74 Å². The zero-order valence-electron chi connectivity index (χ0n) is 14.4. The molecule has 0 spiro atoms. The fourth-order valence-corrected chi connectivity index (χ4v) is 2.25. The molecule has 0 aliphatic carbocycles. The Hall–Kier alpha value is -2.37. The van der Waals surface area contributed by atoms with Crippen LogP contribution in [0.2, 0.25) is 0 Å². The van der Waals surface area contributed by atoms with Gasteiger partial charge < -0.3 is 15.0 Å². The molecule has 0 saturated heterocycles. The molecule has 2 heterocycles. The number of nitrogens with zero attached hydrogens (tertiary/aromatic N) is 2. The lowest BCUT2D eigenvalue weighted by Crippen LogP contribution is -2.33. The number of amides is 1. The Morgan fingerprint density at radius 3 is 2.83 bits per heavy atom. The van der Waals surface area contributed by atoms with Gasteiger partial charge in [-0.3, -0.25) is 0 Å². The zero-order valence-corrected chi connectivity index (χ0v) is 14.4. The molecule has 0 aliphatic heterocycles. The molecule has 0 atom stereocenters. The molecule has 0 aromatic carbocycles. The van der Waals surface area contributed by atoms with E-state index in [1.807, 2.05) is 63.8 Å². The molecule has 0 aliphatic rings. The molecule has 2 N–H and O–H groups in total. The van der Waals surface area contributed by atoms with Gasteiger partial charge in [-0.15, -0.1) is 0 Å². The van der Waals surface area contributed by atoms with Gasteiger partial charge in [0.05, 0.1) is 11.3 Å². The van der Waals surface area contributed by atoms with Gasteiger partial charge in [-0.25, -0.2) is 14.3 Å². The van der Waals surface area contributed by atoms with Crippen LogP contribution < -0.4 is 9.88 Å². The summed E-state index contributed by atoms with van der Waals surface area (Å²) in [6, 6.07) is 4.03.